The van der Waals surface area contributed by atoms with Crippen LogP contribution >= 0.6 is 31.9 Å². The monoisotopic (exact) mass is 349 g/mol. The largest absolute Gasteiger partial charge is 0.496 e. The minimum absolute atomic E-state index is 0.296. The fourth-order valence-corrected chi connectivity index (χ4v) is 3.19. The molecule has 2 rings (SSSR count). The SMILES string of the molecule is CNC1CCOc2c(Br)cc(OC)c(Br)c21. The molecule has 5 heteroatoms. The van der Waals surface area contributed by atoms with Gasteiger partial charge in [-0.15, -0.1) is 0 Å². The Morgan fingerprint density at radius 2 is 2.25 bits per heavy atom. The molecule has 0 amide bonds. The molecule has 1 aliphatic rings. The summed E-state index contributed by atoms with van der Waals surface area (Å²) >= 11 is 7.09. The summed E-state index contributed by atoms with van der Waals surface area (Å²) < 4.78 is 12.9. The maximum Gasteiger partial charge on any atom is 0.139 e. The third-order valence-corrected chi connectivity index (χ3v) is 4.15. The molecule has 0 saturated carbocycles. The highest BCUT2D eigenvalue weighted by molar-refractivity contribution is 9.11. The van der Waals surface area contributed by atoms with Crippen molar-refractivity contribution in [2.24, 2.45) is 0 Å². The second-order valence-electron chi connectivity index (χ2n) is 3.60. The number of halogens is 2. The average Bonchev–Trinajstić information content (AvgIpc) is 2.32. The van der Waals surface area contributed by atoms with E-state index in [2.05, 4.69) is 37.2 Å². The number of benzene rings is 1. The predicted octanol–water partition coefficient (Wildman–Crippen LogP) is 3.26. The maximum atomic E-state index is 5.69. The Kier molecular flexibility index (Phi) is 3.77. The first-order valence-electron chi connectivity index (χ1n) is 5.05. The summed E-state index contributed by atoms with van der Waals surface area (Å²) in [6, 6.07) is 2.21. The van der Waals surface area contributed by atoms with Gasteiger partial charge in [0.2, 0.25) is 0 Å². The van der Waals surface area contributed by atoms with Gasteiger partial charge < -0.3 is 14.8 Å². The Bertz CT molecular complexity index is 409. The van der Waals surface area contributed by atoms with Crippen molar-refractivity contribution in [1.82, 2.24) is 5.32 Å². The number of hydrogen-bond acceptors (Lipinski definition) is 3. The van der Waals surface area contributed by atoms with Gasteiger partial charge in [-0.1, -0.05) is 0 Å². The van der Waals surface area contributed by atoms with Crippen LogP contribution in [0, 0.1) is 0 Å². The zero-order valence-corrected chi connectivity index (χ0v) is 12.3. The van der Waals surface area contributed by atoms with Gasteiger partial charge in [0.05, 0.1) is 22.7 Å². The van der Waals surface area contributed by atoms with Crippen molar-refractivity contribution in [1.29, 1.82) is 0 Å². The van der Waals surface area contributed by atoms with Gasteiger partial charge in [-0.3, -0.25) is 0 Å². The summed E-state index contributed by atoms with van der Waals surface area (Å²) in [5.74, 6) is 1.72. The van der Waals surface area contributed by atoms with E-state index in [4.69, 9.17) is 9.47 Å². The molecule has 0 bridgehead atoms. The Morgan fingerprint density at radius 3 is 2.88 bits per heavy atom. The normalized spacial score (nSPS) is 18.9. The van der Waals surface area contributed by atoms with Gasteiger partial charge in [0.15, 0.2) is 0 Å². The number of ether oxygens (including phenoxy) is 2. The van der Waals surface area contributed by atoms with Crippen molar-refractivity contribution >= 4 is 31.9 Å². The molecule has 0 spiro atoms. The number of rotatable bonds is 2. The first-order valence-corrected chi connectivity index (χ1v) is 6.63. The van der Waals surface area contributed by atoms with Crippen molar-refractivity contribution in [3.8, 4) is 11.5 Å². The lowest BCUT2D eigenvalue weighted by Gasteiger charge is -2.28. The van der Waals surface area contributed by atoms with Crippen LogP contribution in [0.2, 0.25) is 0 Å². The highest BCUT2D eigenvalue weighted by Crippen LogP contribution is 2.46. The second-order valence-corrected chi connectivity index (χ2v) is 5.24. The molecule has 1 aromatic rings. The molecule has 0 radical (unpaired) electrons. The van der Waals surface area contributed by atoms with Gasteiger partial charge in [0.25, 0.3) is 0 Å². The van der Waals surface area contributed by atoms with E-state index in [0.717, 1.165) is 39.0 Å². The topological polar surface area (TPSA) is 30.5 Å². The molecule has 1 aliphatic heterocycles. The highest BCUT2D eigenvalue weighted by Gasteiger charge is 2.27. The fraction of sp³-hybridized carbons (Fsp3) is 0.455. The van der Waals surface area contributed by atoms with Crippen LogP contribution in [-0.4, -0.2) is 20.8 Å². The molecular weight excluding hydrogens is 338 g/mol. The zero-order chi connectivity index (χ0) is 11.7. The molecule has 88 valence electrons. The summed E-state index contributed by atoms with van der Waals surface area (Å²) in [4.78, 5) is 0. The molecule has 0 saturated heterocycles. The van der Waals surface area contributed by atoms with Crippen LogP contribution in [-0.2, 0) is 0 Å². The molecule has 3 nitrogen and oxygen atoms in total. The van der Waals surface area contributed by atoms with Crippen LogP contribution in [0.5, 0.6) is 11.5 Å². The van der Waals surface area contributed by atoms with Gasteiger partial charge in [-0.2, -0.15) is 0 Å². The summed E-state index contributed by atoms with van der Waals surface area (Å²) in [5.41, 5.74) is 1.12. The van der Waals surface area contributed by atoms with Crippen LogP contribution in [0.1, 0.15) is 18.0 Å². The number of nitrogens with one attached hydrogen (secondary N) is 1. The van der Waals surface area contributed by atoms with Crippen LogP contribution in [0.4, 0.5) is 0 Å². The highest BCUT2D eigenvalue weighted by atomic mass is 79.9. The average molecular weight is 351 g/mol. The Balaban J connectivity index is 2.61. The van der Waals surface area contributed by atoms with Crippen LogP contribution in [0.15, 0.2) is 15.0 Å². The minimum Gasteiger partial charge on any atom is -0.496 e. The van der Waals surface area contributed by atoms with Crippen molar-refractivity contribution < 1.29 is 9.47 Å². The van der Waals surface area contributed by atoms with Gasteiger partial charge >= 0.3 is 0 Å². The van der Waals surface area contributed by atoms with Gasteiger partial charge in [0.1, 0.15) is 11.5 Å². The first kappa shape index (κ1) is 12.2. The quantitative estimate of drug-likeness (QED) is 0.888. The molecule has 1 N–H and O–H groups in total. The maximum absolute atomic E-state index is 5.69. The summed E-state index contributed by atoms with van der Waals surface area (Å²) in [7, 11) is 3.62. The van der Waals surface area contributed by atoms with E-state index >= 15 is 0 Å². The van der Waals surface area contributed by atoms with Crippen molar-refractivity contribution in [2.45, 2.75) is 12.5 Å². The lowest BCUT2D eigenvalue weighted by molar-refractivity contribution is 0.253. The van der Waals surface area contributed by atoms with E-state index in [1.54, 1.807) is 7.11 Å². The predicted molar refractivity (Wildman–Crippen MR) is 70.3 cm³/mol. The number of hydrogen-bond donors (Lipinski definition) is 1. The Hall–Kier alpha value is -0.260. The van der Waals surface area contributed by atoms with E-state index in [0.29, 0.717) is 6.04 Å². The van der Waals surface area contributed by atoms with E-state index in [1.165, 1.54) is 0 Å². The third kappa shape index (κ3) is 1.96. The zero-order valence-electron chi connectivity index (χ0n) is 9.14. The molecule has 16 heavy (non-hydrogen) atoms. The van der Waals surface area contributed by atoms with Gasteiger partial charge in [-0.05, 0) is 45.0 Å². The molecule has 0 aliphatic carbocycles. The third-order valence-electron chi connectivity index (χ3n) is 2.74. The Labute approximate surface area is 112 Å². The molecule has 1 atom stereocenters. The fourth-order valence-electron chi connectivity index (χ4n) is 1.92. The minimum atomic E-state index is 0.296. The van der Waals surface area contributed by atoms with E-state index < -0.39 is 0 Å². The van der Waals surface area contributed by atoms with E-state index in [1.807, 2.05) is 13.1 Å². The molecular formula is C11H13Br2NO2. The second kappa shape index (κ2) is 4.94. The van der Waals surface area contributed by atoms with Crippen molar-refractivity contribution in [2.75, 3.05) is 20.8 Å². The van der Waals surface area contributed by atoms with E-state index in [-0.39, 0.29) is 0 Å². The van der Waals surface area contributed by atoms with Crippen LogP contribution in [0.3, 0.4) is 0 Å². The van der Waals surface area contributed by atoms with Crippen molar-refractivity contribution in [3.63, 3.8) is 0 Å². The Morgan fingerprint density at radius 1 is 1.50 bits per heavy atom. The summed E-state index contributed by atoms with van der Waals surface area (Å²) in [6.45, 7) is 0.732. The summed E-state index contributed by atoms with van der Waals surface area (Å²) in [5, 5.41) is 3.29. The molecule has 0 fully saturated rings. The standard InChI is InChI=1S/C11H13Br2NO2/c1-14-7-3-4-16-11-6(12)5-8(15-2)10(13)9(7)11/h5,7,14H,3-4H2,1-2H3. The van der Waals surface area contributed by atoms with Crippen LogP contribution in [0.25, 0.3) is 0 Å². The lowest BCUT2D eigenvalue weighted by atomic mass is 10.0. The molecule has 1 aromatic carbocycles. The summed E-state index contributed by atoms with van der Waals surface area (Å²) in [6.07, 6.45) is 0.960. The van der Waals surface area contributed by atoms with E-state index in [9.17, 15) is 0 Å². The smallest absolute Gasteiger partial charge is 0.139 e. The first-order chi connectivity index (χ1) is 7.69. The lowest BCUT2D eigenvalue weighted by Crippen LogP contribution is -2.24. The number of methoxy groups -OCH3 is 1. The van der Waals surface area contributed by atoms with Gasteiger partial charge in [0, 0.05) is 18.0 Å². The molecule has 0 aromatic heterocycles. The van der Waals surface area contributed by atoms with Crippen molar-refractivity contribution in [3.05, 3.63) is 20.6 Å². The van der Waals surface area contributed by atoms with Gasteiger partial charge in [-0.25, -0.2) is 0 Å². The molecule has 1 heterocycles. The molecule has 1 unspecified atom stereocenters. The number of fused-ring (bicyclic) bond motifs is 1. The van der Waals surface area contributed by atoms with Crippen LogP contribution < -0.4 is 14.8 Å².